The first kappa shape index (κ1) is 14.3. The number of benzene rings is 1. The van der Waals surface area contributed by atoms with Gasteiger partial charge in [0.2, 0.25) is 0 Å². The van der Waals surface area contributed by atoms with Gasteiger partial charge in [-0.05, 0) is 59.3 Å². The molecule has 19 heavy (non-hydrogen) atoms. The molecule has 1 atom stereocenters. The number of hydrogen-bond donors (Lipinski definition) is 1. The van der Waals surface area contributed by atoms with Crippen LogP contribution in [0, 0.1) is 18.7 Å². The monoisotopic (exact) mass is 328 g/mol. The summed E-state index contributed by atoms with van der Waals surface area (Å²) in [5.41, 5.74) is 1.37. The molecule has 1 fully saturated rings. The van der Waals surface area contributed by atoms with Gasteiger partial charge < -0.3 is 10.2 Å². The van der Waals surface area contributed by atoms with E-state index in [2.05, 4.69) is 28.2 Å². The van der Waals surface area contributed by atoms with Crippen LogP contribution in [0.2, 0.25) is 0 Å². The molecule has 1 unspecified atom stereocenters. The van der Waals surface area contributed by atoms with Gasteiger partial charge in [-0.15, -0.1) is 0 Å². The van der Waals surface area contributed by atoms with Crippen LogP contribution in [0.25, 0.3) is 0 Å². The summed E-state index contributed by atoms with van der Waals surface area (Å²) in [6.07, 6.45) is 2.19. The van der Waals surface area contributed by atoms with Crippen molar-refractivity contribution in [2.75, 3.05) is 18.4 Å². The standard InChI is InChI=1S/C14H18BrFN2O/c1-9-4-3-5-18(8-9)14(19)17-13-7-12(16)11(15)6-10(13)2/h6-7,9H,3-5,8H2,1-2H3,(H,17,19). The van der Waals surface area contributed by atoms with Crippen molar-refractivity contribution in [2.24, 2.45) is 5.92 Å². The Hall–Kier alpha value is -1.10. The molecule has 1 heterocycles. The molecule has 2 rings (SSSR count). The Balaban J connectivity index is 2.08. The van der Waals surface area contributed by atoms with Gasteiger partial charge in [-0.2, -0.15) is 0 Å². The zero-order chi connectivity index (χ0) is 14.0. The number of hydrogen-bond acceptors (Lipinski definition) is 1. The molecule has 1 aromatic carbocycles. The Morgan fingerprint density at radius 1 is 1.53 bits per heavy atom. The van der Waals surface area contributed by atoms with Crippen LogP contribution in [0.4, 0.5) is 14.9 Å². The van der Waals surface area contributed by atoms with E-state index in [1.54, 1.807) is 11.0 Å². The van der Waals surface area contributed by atoms with Gasteiger partial charge in [0.25, 0.3) is 0 Å². The van der Waals surface area contributed by atoms with Gasteiger partial charge >= 0.3 is 6.03 Å². The normalized spacial score (nSPS) is 19.4. The molecule has 1 aliphatic rings. The highest BCUT2D eigenvalue weighted by atomic mass is 79.9. The van der Waals surface area contributed by atoms with E-state index in [0.717, 1.165) is 31.5 Å². The van der Waals surface area contributed by atoms with Crippen LogP contribution in [0.1, 0.15) is 25.3 Å². The number of piperidine rings is 1. The van der Waals surface area contributed by atoms with Crippen molar-refractivity contribution in [2.45, 2.75) is 26.7 Å². The molecule has 5 heteroatoms. The van der Waals surface area contributed by atoms with E-state index in [1.807, 2.05) is 6.92 Å². The summed E-state index contributed by atoms with van der Waals surface area (Å²) in [7, 11) is 0. The van der Waals surface area contributed by atoms with E-state index in [-0.39, 0.29) is 11.8 Å². The lowest BCUT2D eigenvalue weighted by Crippen LogP contribution is -2.41. The highest BCUT2D eigenvalue weighted by Gasteiger charge is 2.21. The smallest absolute Gasteiger partial charge is 0.321 e. The second-order valence-electron chi connectivity index (χ2n) is 5.20. The van der Waals surface area contributed by atoms with E-state index in [4.69, 9.17) is 0 Å². The number of carbonyl (C=O) groups is 1. The Bertz CT molecular complexity index is 493. The molecule has 104 valence electrons. The molecule has 1 aromatic rings. The largest absolute Gasteiger partial charge is 0.324 e. The van der Waals surface area contributed by atoms with E-state index < -0.39 is 0 Å². The zero-order valence-electron chi connectivity index (χ0n) is 11.2. The number of anilines is 1. The van der Waals surface area contributed by atoms with Gasteiger partial charge in [0.05, 0.1) is 4.47 Å². The van der Waals surface area contributed by atoms with Crippen molar-refractivity contribution in [3.8, 4) is 0 Å². The number of amides is 2. The van der Waals surface area contributed by atoms with Crippen LogP contribution in [-0.2, 0) is 0 Å². The van der Waals surface area contributed by atoms with Gasteiger partial charge in [0, 0.05) is 18.8 Å². The minimum atomic E-state index is -0.368. The first-order valence-corrected chi connectivity index (χ1v) is 7.28. The molecule has 0 saturated carbocycles. The third-order valence-corrected chi connectivity index (χ3v) is 4.06. The first-order valence-electron chi connectivity index (χ1n) is 6.49. The molecule has 0 aromatic heterocycles. The highest BCUT2D eigenvalue weighted by Crippen LogP contribution is 2.24. The van der Waals surface area contributed by atoms with Crippen molar-refractivity contribution in [3.05, 3.63) is 28.0 Å². The molecule has 0 bridgehead atoms. The second-order valence-corrected chi connectivity index (χ2v) is 6.06. The zero-order valence-corrected chi connectivity index (χ0v) is 12.8. The summed E-state index contributed by atoms with van der Waals surface area (Å²) in [6, 6.07) is 2.88. The minimum Gasteiger partial charge on any atom is -0.324 e. The first-order chi connectivity index (χ1) is 8.97. The number of halogens is 2. The molecule has 2 amide bonds. The molecule has 1 saturated heterocycles. The van der Waals surface area contributed by atoms with Crippen molar-refractivity contribution in [3.63, 3.8) is 0 Å². The Morgan fingerprint density at radius 3 is 2.95 bits per heavy atom. The molecular weight excluding hydrogens is 311 g/mol. The number of nitrogens with one attached hydrogen (secondary N) is 1. The quantitative estimate of drug-likeness (QED) is 0.824. The predicted octanol–water partition coefficient (Wildman–Crippen LogP) is 4.16. The van der Waals surface area contributed by atoms with Crippen molar-refractivity contribution >= 4 is 27.6 Å². The molecular formula is C14H18BrFN2O. The topological polar surface area (TPSA) is 32.3 Å². The summed E-state index contributed by atoms with van der Waals surface area (Å²) in [6.45, 7) is 5.53. The van der Waals surface area contributed by atoms with Crippen molar-refractivity contribution < 1.29 is 9.18 Å². The maximum atomic E-state index is 13.5. The van der Waals surface area contributed by atoms with Crippen LogP contribution < -0.4 is 5.32 Å². The van der Waals surface area contributed by atoms with Gasteiger partial charge in [0.1, 0.15) is 5.82 Å². The lowest BCUT2D eigenvalue weighted by atomic mass is 10.0. The number of carbonyl (C=O) groups excluding carboxylic acids is 1. The summed E-state index contributed by atoms with van der Waals surface area (Å²) in [4.78, 5) is 13.9. The average molecular weight is 329 g/mol. The Kier molecular flexibility index (Phi) is 4.45. The summed E-state index contributed by atoms with van der Waals surface area (Å²) in [5, 5.41) is 2.79. The van der Waals surface area contributed by atoms with Crippen LogP contribution in [0.3, 0.4) is 0 Å². The van der Waals surface area contributed by atoms with Gasteiger partial charge in [-0.1, -0.05) is 6.92 Å². The van der Waals surface area contributed by atoms with E-state index >= 15 is 0 Å². The summed E-state index contributed by atoms with van der Waals surface area (Å²) < 4.78 is 13.9. The Morgan fingerprint density at radius 2 is 2.26 bits per heavy atom. The molecule has 1 aliphatic heterocycles. The summed E-state index contributed by atoms with van der Waals surface area (Å²) >= 11 is 3.13. The molecule has 0 spiro atoms. The van der Waals surface area contributed by atoms with Crippen LogP contribution in [-0.4, -0.2) is 24.0 Å². The fraction of sp³-hybridized carbons (Fsp3) is 0.500. The third kappa shape index (κ3) is 3.47. The van der Waals surface area contributed by atoms with E-state index in [9.17, 15) is 9.18 Å². The van der Waals surface area contributed by atoms with Gasteiger partial charge in [-0.25, -0.2) is 9.18 Å². The van der Waals surface area contributed by atoms with Crippen LogP contribution >= 0.6 is 15.9 Å². The fourth-order valence-electron chi connectivity index (χ4n) is 2.35. The Labute approximate surface area is 121 Å². The fourth-order valence-corrected chi connectivity index (χ4v) is 2.81. The number of urea groups is 1. The molecule has 0 aliphatic carbocycles. The van der Waals surface area contributed by atoms with E-state index in [0.29, 0.717) is 16.1 Å². The third-order valence-electron chi connectivity index (χ3n) is 3.45. The van der Waals surface area contributed by atoms with Crippen LogP contribution in [0.15, 0.2) is 16.6 Å². The number of nitrogens with zero attached hydrogens (tertiary/aromatic N) is 1. The van der Waals surface area contributed by atoms with Crippen molar-refractivity contribution in [1.29, 1.82) is 0 Å². The molecule has 1 N–H and O–H groups in total. The number of aryl methyl sites for hydroxylation is 1. The summed E-state index contributed by atoms with van der Waals surface area (Å²) in [5.74, 6) is 0.162. The van der Waals surface area contributed by atoms with Crippen molar-refractivity contribution in [1.82, 2.24) is 4.90 Å². The lowest BCUT2D eigenvalue weighted by molar-refractivity contribution is 0.182. The van der Waals surface area contributed by atoms with Gasteiger partial charge in [-0.3, -0.25) is 0 Å². The second kappa shape index (κ2) is 5.90. The number of likely N-dealkylation sites (tertiary alicyclic amines) is 1. The van der Waals surface area contributed by atoms with E-state index in [1.165, 1.54) is 6.07 Å². The SMILES string of the molecule is Cc1cc(Br)c(F)cc1NC(=O)N1CCCC(C)C1. The predicted molar refractivity (Wildman–Crippen MR) is 77.8 cm³/mol. The maximum absolute atomic E-state index is 13.5. The minimum absolute atomic E-state index is 0.142. The number of rotatable bonds is 1. The molecule has 0 radical (unpaired) electrons. The highest BCUT2D eigenvalue weighted by molar-refractivity contribution is 9.10. The molecule has 3 nitrogen and oxygen atoms in total. The van der Waals surface area contributed by atoms with Crippen LogP contribution in [0.5, 0.6) is 0 Å². The van der Waals surface area contributed by atoms with Gasteiger partial charge in [0.15, 0.2) is 0 Å². The maximum Gasteiger partial charge on any atom is 0.321 e. The lowest BCUT2D eigenvalue weighted by Gasteiger charge is -2.31. The average Bonchev–Trinajstić information content (AvgIpc) is 2.36.